The molecule has 0 radical (unpaired) electrons. The van der Waals surface area contributed by atoms with Gasteiger partial charge in [-0.15, -0.1) is 10.1 Å². The molecule has 0 aromatic carbocycles. The average molecular weight is 294 g/mol. The van der Waals surface area contributed by atoms with Gasteiger partial charge in [-0.3, -0.25) is 4.79 Å². The van der Waals surface area contributed by atoms with Crippen LogP contribution in [0.15, 0.2) is 0 Å². The van der Waals surface area contributed by atoms with Crippen molar-refractivity contribution < 1.29 is 19.5 Å². The van der Waals surface area contributed by atoms with Crippen LogP contribution in [0, 0.1) is 10.1 Å². The highest BCUT2D eigenvalue weighted by Crippen LogP contribution is 2.03. The van der Waals surface area contributed by atoms with E-state index >= 15 is 0 Å². The summed E-state index contributed by atoms with van der Waals surface area (Å²) in [6.07, 6.45) is 5.60. The van der Waals surface area contributed by atoms with Gasteiger partial charge < -0.3 is 15.3 Å². The molecule has 0 aliphatic rings. The molecular weight excluding hydrogens is 272 g/mol. The molecule has 0 aliphatic heterocycles. The highest BCUT2D eigenvalue weighted by molar-refractivity contribution is 7.98. The number of hydrogen-bond acceptors (Lipinski definition) is 7. The van der Waals surface area contributed by atoms with Crippen LogP contribution in [-0.2, 0) is 14.4 Å². The van der Waals surface area contributed by atoms with Gasteiger partial charge in [-0.2, -0.15) is 11.8 Å². The monoisotopic (exact) mass is 294 g/mol. The minimum Gasteiger partial charge on any atom is -0.465 e. The molecule has 0 fully saturated rings. The molecule has 8 heteroatoms. The highest BCUT2D eigenvalue weighted by Gasteiger charge is 2.13. The molecule has 2 N–H and O–H groups in total. The highest BCUT2D eigenvalue weighted by atomic mass is 32.2. The molecule has 19 heavy (non-hydrogen) atoms. The summed E-state index contributed by atoms with van der Waals surface area (Å²) in [5, 5.41) is 9.07. The second-order valence-electron chi connectivity index (χ2n) is 4.03. The van der Waals surface area contributed by atoms with Crippen LogP contribution in [0.4, 0.5) is 0 Å². The number of nitrogens with two attached hydrogens (primary N) is 1. The summed E-state index contributed by atoms with van der Waals surface area (Å²) >= 11 is 1.64. The summed E-state index contributed by atoms with van der Waals surface area (Å²) in [6.45, 7) is 0.467. The zero-order valence-electron chi connectivity index (χ0n) is 11.2. The van der Waals surface area contributed by atoms with Crippen LogP contribution in [0.5, 0.6) is 0 Å². The van der Waals surface area contributed by atoms with Gasteiger partial charge in [0.25, 0.3) is 5.09 Å². The van der Waals surface area contributed by atoms with Crippen LogP contribution in [0.1, 0.15) is 32.1 Å². The van der Waals surface area contributed by atoms with E-state index in [-0.39, 0.29) is 12.6 Å². The van der Waals surface area contributed by atoms with Crippen LogP contribution in [0.3, 0.4) is 0 Å². The summed E-state index contributed by atoms with van der Waals surface area (Å²) in [7, 11) is 0. The molecule has 0 heterocycles. The lowest BCUT2D eigenvalue weighted by Gasteiger charge is -2.10. The lowest BCUT2D eigenvalue weighted by atomic mass is 10.2. The number of unbranched alkanes of at least 4 members (excludes halogenated alkanes) is 3. The maximum Gasteiger partial charge on any atom is 0.322 e. The molecule has 0 bridgehead atoms. The molecule has 0 saturated carbocycles. The number of thioether (sulfide) groups is 1. The van der Waals surface area contributed by atoms with Gasteiger partial charge in [-0.05, 0) is 37.7 Å². The second kappa shape index (κ2) is 12.0. The van der Waals surface area contributed by atoms with Gasteiger partial charge in [0.15, 0.2) is 0 Å². The van der Waals surface area contributed by atoms with Crippen molar-refractivity contribution in [1.29, 1.82) is 0 Å². The molecule has 0 spiro atoms. The van der Waals surface area contributed by atoms with E-state index in [1.165, 1.54) is 0 Å². The van der Waals surface area contributed by atoms with Crippen LogP contribution >= 0.6 is 11.8 Å². The molecule has 0 rings (SSSR count). The van der Waals surface area contributed by atoms with Crippen LogP contribution in [-0.4, -0.2) is 42.3 Å². The minimum absolute atomic E-state index is 0.117. The molecule has 0 amide bonds. The first-order valence-corrected chi connectivity index (χ1v) is 7.65. The topological polar surface area (TPSA) is 105 Å². The van der Waals surface area contributed by atoms with Gasteiger partial charge in [0, 0.05) is 0 Å². The number of nitrogens with zero attached hydrogens (tertiary/aromatic N) is 1. The first-order valence-electron chi connectivity index (χ1n) is 6.26. The van der Waals surface area contributed by atoms with Crippen molar-refractivity contribution >= 4 is 17.7 Å². The van der Waals surface area contributed by atoms with E-state index in [2.05, 4.69) is 4.84 Å². The van der Waals surface area contributed by atoms with E-state index in [0.717, 1.165) is 25.0 Å². The molecule has 0 aromatic heterocycles. The van der Waals surface area contributed by atoms with Gasteiger partial charge in [0.1, 0.15) is 6.04 Å². The molecule has 112 valence electrons. The fraction of sp³-hybridized carbons (Fsp3) is 0.909. The van der Waals surface area contributed by atoms with Gasteiger partial charge >= 0.3 is 5.97 Å². The Hall–Kier alpha value is -1.02. The Labute approximate surface area is 117 Å². The molecule has 7 nitrogen and oxygen atoms in total. The van der Waals surface area contributed by atoms with Crippen LogP contribution in [0.25, 0.3) is 0 Å². The summed E-state index contributed by atoms with van der Waals surface area (Å²) < 4.78 is 5.03. The van der Waals surface area contributed by atoms with E-state index in [1.807, 2.05) is 6.26 Å². The quantitative estimate of drug-likeness (QED) is 0.251. The van der Waals surface area contributed by atoms with Crippen LogP contribution < -0.4 is 5.73 Å². The van der Waals surface area contributed by atoms with Crippen molar-refractivity contribution in [1.82, 2.24) is 0 Å². The summed E-state index contributed by atoms with van der Waals surface area (Å²) in [5.41, 5.74) is 5.64. The lowest BCUT2D eigenvalue weighted by molar-refractivity contribution is -0.757. The molecule has 0 aromatic rings. The fourth-order valence-electron chi connectivity index (χ4n) is 1.34. The van der Waals surface area contributed by atoms with Gasteiger partial charge in [0.2, 0.25) is 0 Å². The molecule has 1 atom stereocenters. The summed E-state index contributed by atoms with van der Waals surface area (Å²) in [6, 6.07) is -0.541. The minimum atomic E-state index is -0.794. The van der Waals surface area contributed by atoms with Crippen molar-refractivity contribution in [3.63, 3.8) is 0 Å². The van der Waals surface area contributed by atoms with E-state index in [4.69, 9.17) is 10.5 Å². The van der Waals surface area contributed by atoms with E-state index < -0.39 is 11.1 Å². The Balaban J connectivity index is 3.33. The van der Waals surface area contributed by atoms with E-state index in [9.17, 15) is 14.9 Å². The fourth-order valence-corrected chi connectivity index (χ4v) is 1.83. The van der Waals surface area contributed by atoms with Crippen LogP contribution in [0.2, 0.25) is 0 Å². The summed E-state index contributed by atoms with van der Waals surface area (Å²) in [4.78, 5) is 25.4. The van der Waals surface area contributed by atoms with Crippen molar-refractivity contribution in [2.45, 2.75) is 38.1 Å². The predicted molar refractivity (Wildman–Crippen MR) is 73.3 cm³/mol. The zero-order valence-corrected chi connectivity index (χ0v) is 12.0. The summed E-state index contributed by atoms with van der Waals surface area (Å²) in [5.74, 6) is 0.484. The van der Waals surface area contributed by atoms with Crippen molar-refractivity contribution in [2.75, 3.05) is 25.2 Å². The van der Waals surface area contributed by atoms with Gasteiger partial charge in [-0.25, -0.2) is 0 Å². The maximum absolute atomic E-state index is 11.4. The third-order valence-electron chi connectivity index (χ3n) is 2.42. The Kier molecular flexibility index (Phi) is 11.4. The van der Waals surface area contributed by atoms with Crippen molar-refractivity contribution in [2.24, 2.45) is 5.73 Å². The maximum atomic E-state index is 11.4. The Morgan fingerprint density at radius 2 is 1.95 bits per heavy atom. The third kappa shape index (κ3) is 11.8. The molecular formula is C11H22N2O5S. The van der Waals surface area contributed by atoms with E-state index in [0.29, 0.717) is 19.4 Å². The first kappa shape index (κ1) is 18.0. The van der Waals surface area contributed by atoms with Crippen molar-refractivity contribution in [3.05, 3.63) is 10.1 Å². The van der Waals surface area contributed by atoms with E-state index in [1.54, 1.807) is 11.8 Å². The van der Waals surface area contributed by atoms with Gasteiger partial charge in [0.05, 0.1) is 13.2 Å². The average Bonchev–Trinajstić information content (AvgIpc) is 2.38. The third-order valence-corrected chi connectivity index (χ3v) is 3.06. The molecule has 0 aliphatic carbocycles. The largest absolute Gasteiger partial charge is 0.465 e. The number of ether oxygens (including phenoxy) is 1. The number of rotatable bonds is 12. The number of carbonyl (C=O) groups excluding carboxylic acids is 1. The lowest BCUT2D eigenvalue weighted by Crippen LogP contribution is -2.33. The molecule has 1 unspecified atom stereocenters. The van der Waals surface area contributed by atoms with Gasteiger partial charge in [-0.1, -0.05) is 6.42 Å². The first-order chi connectivity index (χ1) is 9.07. The zero-order chi connectivity index (χ0) is 14.5. The SMILES string of the molecule is CSCCC(N)C(=O)OCCCCCCO[N+](=O)[O-]. The number of esters is 1. The smallest absolute Gasteiger partial charge is 0.322 e. The second-order valence-corrected chi connectivity index (χ2v) is 5.01. The standard InChI is InChI=1S/C11H22N2O5S/c1-19-9-6-10(12)11(14)17-7-4-2-3-5-8-18-13(15)16/h10H,2-9,12H2,1H3. The Bertz CT molecular complexity index is 265. The Morgan fingerprint density at radius 3 is 2.53 bits per heavy atom. The normalized spacial score (nSPS) is 11.9. The number of carbonyl (C=O) groups is 1. The predicted octanol–water partition coefficient (Wildman–Crippen LogP) is 1.38. The number of hydrogen-bond donors (Lipinski definition) is 1. The Morgan fingerprint density at radius 1 is 1.32 bits per heavy atom. The van der Waals surface area contributed by atoms with Crippen molar-refractivity contribution in [3.8, 4) is 0 Å². The molecule has 0 saturated heterocycles.